The molecule has 0 unspecified atom stereocenters. The zero-order valence-electron chi connectivity index (χ0n) is 13.1. The first kappa shape index (κ1) is 16.5. The van der Waals surface area contributed by atoms with Crippen LogP contribution in [0.3, 0.4) is 0 Å². The van der Waals surface area contributed by atoms with Gasteiger partial charge >= 0.3 is 5.97 Å². The Balaban J connectivity index is 2.77. The third kappa shape index (κ3) is 2.43. The van der Waals surface area contributed by atoms with Crippen LogP contribution in [0.2, 0.25) is 0 Å². The summed E-state index contributed by atoms with van der Waals surface area (Å²) in [6, 6.07) is 0. The summed E-state index contributed by atoms with van der Waals surface area (Å²) in [5.41, 5.74) is 4.73. The van der Waals surface area contributed by atoms with Crippen molar-refractivity contribution in [2.45, 2.75) is 13.5 Å². The first-order valence-corrected chi connectivity index (χ1v) is 6.95. The fourth-order valence-electron chi connectivity index (χ4n) is 2.69. The van der Waals surface area contributed by atoms with E-state index >= 15 is 0 Å². The molecule has 1 aromatic rings. The molecule has 9 nitrogen and oxygen atoms in total. The molecule has 0 saturated carbocycles. The number of amides is 2. The molecule has 1 aliphatic heterocycles. The number of carbonyl (C=O) groups is 3. The summed E-state index contributed by atoms with van der Waals surface area (Å²) in [5.74, 6) is -2.18. The van der Waals surface area contributed by atoms with Crippen LogP contribution in [0.25, 0.3) is 0 Å². The molecule has 0 aliphatic carbocycles. The Morgan fingerprint density at radius 3 is 2.43 bits per heavy atom. The summed E-state index contributed by atoms with van der Waals surface area (Å²) in [5, 5.41) is 7.98. The number of ether oxygens (including phenoxy) is 2. The Morgan fingerprint density at radius 1 is 1.30 bits per heavy atom. The number of aromatic nitrogens is 1. The van der Waals surface area contributed by atoms with E-state index < -0.39 is 17.6 Å². The lowest BCUT2D eigenvalue weighted by Crippen LogP contribution is -2.41. The van der Waals surface area contributed by atoms with E-state index in [1.165, 1.54) is 11.7 Å². The highest BCUT2D eigenvalue weighted by Gasteiger charge is 2.38. The number of hydrogen-bond acceptors (Lipinski definition) is 6. The molecule has 0 fully saturated rings. The van der Waals surface area contributed by atoms with Crippen molar-refractivity contribution in [3.05, 3.63) is 17.0 Å². The molecule has 0 saturated heterocycles. The number of carbonyl (C=O) groups excluding carboxylic acids is 3. The Labute approximate surface area is 132 Å². The lowest BCUT2D eigenvalue weighted by Gasteiger charge is -2.28. The minimum Gasteiger partial charge on any atom is -0.493 e. The van der Waals surface area contributed by atoms with Gasteiger partial charge in [0.25, 0.3) is 11.8 Å². The van der Waals surface area contributed by atoms with E-state index in [1.807, 2.05) is 6.92 Å². The van der Waals surface area contributed by atoms with Gasteiger partial charge in [-0.05, 0) is 6.92 Å². The van der Waals surface area contributed by atoms with Gasteiger partial charge in [-0.3, -0.25) is 15.0 Å². The van der Waals surface area contributed by atoms with Gasteiger partial charge in [0, 0.05) is 19.6 Å². The molecule has 2 rings (SSSR count). The van der Waals surface area contributed by atoms with E-state index in [2.05, 4.69) is 4.74 Å². The average molecular weight is 322 g/mol. The van der Waals surface area contributed by atoms with Crippen molar-refractivity contribution in [1.29, 1.82) is 5.41 Å². The molecule has 1 aliphatic rings. The minimum atomic E-state index is -0.930. The first-order valence-electron chi connectivity index (χ1n) is 6.95. The van der Waals surface area contributed by atoms with E-state index in [4.69, 9.17) is 15.9 Å². The summed E-state index contributed by atoms with van der Waals surface area (Å²) in [6.07, 6.45) is 0. The van der Waals surface area contributed by atoms with Crippen molar-refractivity contribution in [1.82, 2.24) is 9.47 Å². The van der Waals surface area contributed by atoms with Crippen LogP contribution >= 0.6 is 0 Å². The number of nitrogens with one attached hydrogen (secondary N) is 1. The maximum Gasteiger partial charge on any atom is 0.358 e. The van der Waals surface area contributed by atoms with Crippen LogP contribution in [0.1, 0.15) is 33.5 Å². The second-order valence-corrected chi connectivity index (χ2v) is 4.87. The number of esters is 1. The van der Waals surface area contributed by atoms with Crippen LogP contribution in [0.4, 0.5) is 0 Å². The Bertz CT molecular complexity index is 707. The molecule has 0 bridgehead atoms. The molecule has 1 aromatic heterocycles. The predicted molar refractivity (Wildman–Crippen MR) is 79.9 cm³/mol. The number of likely N-dealkylation sites (N-methyl/N-ethyl adjacent to an activating group) is 1. The van der Waals surface area contributed by atoms with Crippen molar-refractivity contribution < 1.29 is 23.9 Å². The highest BCUT2D eigenvalue weighted by molar-refractivity contribution is 6.43. The van der Waals surface area contributed by atoms with Crippen molar-refractivity contribution in [2.75, 3.05) is 27.3 Å². The summed E-state index contributed by atoms with van der Waals surface area (Å²) in [4.78, 5) is 37.7. The van der Waals surface area contributed by atoms with E-state index in [1.54, 1.807) is 4.90 Å². The SMILES string of the molecule is CCN1CCn2c(c(OC)c(C(N)=O)c2C(=N)C(=O)OC)C1=O. The van der Waals surface area contributed by atoms with Gasteiger partial charge in [0.1, 0.15) is 5.56 Å². The van der Waals surface area contributed by atoms with E-state index in [9.17, 15) is 14.4 Å². The quantitative estimate of drug-likeness (QED) is 0.564. The Hall–Kier alpha value is -2.84. The van der Waals surface area contributed by atoms with Crippen LogP contribution in [-0.4, -0.2) is 60.3 Å². The normalized spacial score (nSPS) is 13.5. The van der Waals surface area contributed by atoms with Crippen LogP contribution in [0.5, 0.6) is 5.75 Å². The van der Waals surface area contributed by atoms with Gasteiger partial charge in [0.2, 0.25) is 0 Å². The lowest BCUT2D eigenvalue weighted by molar-refractivity contribution is -0.132. The third-order valence-corrected chi connectivity index (χ3v) is 3.76. The van der Waals surface area contributed by atoms with Gasteiger partial charge in [-0.1, -0.05) is 0 Å². The topological polar surface area (TPSA) is 128 Å². The maximum atomic E-state index is 12.6. The summed E-state index contributed by atoms with van der Waals surface area (Å²) < 4.78 is 11.2. The number of hydrogen-bond donors (Lipinski definition) is 2. The molecule has 0 atom stereocenters. The molecule has 23 heavy (non-hydrogen) atoms. The number of methoxy groups -OCH3 is 2. The molecule has 0 radical (unpaired) electrons. The van der Waals surface area contributed by atoms with E-state index in [0.29, 0.717) is 19.6 Å². The smallest absolute Gasteiger partial charge is 0.358 e. The second kappa shape index (κ2) is 6.11. The number of primary amides is 1. The van der Waals surface area contributed by atoms with Gasteiger partial charge in [0.05, 0.1) is 19.9 Å². The fourth-order valence-corrected chi connectivity index (χ4v) is 2.69. The van der Waals surface area contributed by atoms with Gasteiger partial charge in [-0.2, -0.15) is 0 Å². The van der Waals surface area contributed by atoms with Gasteiger partial charge in [-0.25, -0.2) is 4.79 Å². The summed E-state index contributed by atoms with van der Waals surface area (Å²) in [6.45, 7) is 3.02. The molecular formula is C14H18N4O5. The van der Waals surface area contributed by atoms with E-state index in [-0.39, 0.29) is 28.6 Å². The van der Waals surface area contributed by atoms with Crippen molar-refractivity contribution in [3.63, 3.8) is 0 Å². The molecule has 9 heteroatoms. The van der Waals surface area contributed by atoms with Crippen molar-refractivity contribution in [3.8, 4) is 5.75 Å². The fraction of sp³-hybridized carbons (Fsp3) is 0.429. The standard InChI is InChI=1S/C14H18N4O5/c1-4-17-5-6-18-9(8(15)14(21)23-3)7(12(16)19)11(22-2)10(18)13(17)20/h15H,4-6H2,1-3H3,(H2,16,19). The predicted octanol–water partition coefficient (Wildman–Crippen LogP) is -0.388. The second-order valence-electron chi connectivity index (χ2n) is 4.87. The van der Waals surface area contributed by atoms with Gasteiger partial charge in [-0.15, -0.1) is 0 Å². The molecule has 0 spiro atoms. The van der Waals surface area contributed by atoms with Crippen LogP contribution in [-0.2, 0) is 16.1 Å². The summed E-state index contributed by atoms with van der Waals surface area (Å²) >= 11 is 0. The van der Waals surface area contributed by atoms with Gasteiger partial charge < -0.3 is 24.7 Å². The maximum absolute atomic E-state index is 12.6. The van der Waals surface area contributed by atoms with Crippen molar-refractivity contribution in [2.24, 2.45) is 5.73 Å². The third-order valence-electron chi connectivity index (χ3n) is 3.76. The monoisotopic (exact) mass is 322 g/mol. The highest BCUT2D eigenvalue weighted by Crippen LogP contribution is 2.34. The van der Waals surface area contributed by atoms with Gasteiger partial charge in [0.15, 0.2) is 17.2 Å². The lowest BCUT2D eigenvalue weighted by atomic mass is 10.1. The first-order chi connectivity index (χ1) is 10.9. The largest absolute Gasteiger partial charge is 0.493 e. The molecule has 3 N–H and O–H groups in total. The molecule has 124 valence electrons. The van der Waals surface area contributed by atoms with Crippen LogP contribution < -0.4 is 10.5 Å². The number of nitrogens with two attached hydrogens (primary N) is 1. The van der Waals surface area contributed by atoms with Crippen molar-refractivity contribution >= 4 is 23.5 Å². The highest BCUT2D eigenvalue weighted by atomic mass is 16.5. The van der Waals surface area contributed by atoms with E-state index in [0.717, 1.165) is 7.11 Å². The zero-order valence-corrected chi connectivity index (χ0v) is 13.1. The summed E-state index contributed by atoms with van der Waals surface area (Å²) in [7, 11) is 2.42. The Morgan fingerprint density at radius 2 is 1.96 bits per heavy atom. The number of fused-ring (bicyclic) bond motifs is 1. The average Bonchev–Trinajstić information content (AvgIpc) is 2.88. The zero-order chi connectivity index (χ0) is 17.3. The molecule has 2 heterocycles. The molecule has 0 aromatic carbocycles. The van der Waals surface area contributed by atoms with Crippen LogP contribution in [0, 0.1) is 5.41 Å². The number of rotatable bonds is 5. The Kier molecular flexibility index (Phi) is 4.39. The minimum absolute atomic E-state index is 0.0238. The number of nitrogens with zero attached hydrogens (tertiary/aromatic N) is 2. The molecule has 2 amide bonds. The molecular weight excluding hydrogens is 304 g/mol. The van der Waals surface area contributed by atoms with Crippen LogP contribution in [0.15, 0.2) is 0 Å².